The molecule has 236 valence electrons. The number of amides is 2. The van der Waals surface area contributed by atoms with E-state index in [1.807, 2.05) is 44.2 Å². The lowest BCUT2D eigenvalue weighted by molar-refractivity contribution is -0.140. The standard InChI is InChI=1S/C34H34Cl3N3O4S/c1-3-24(2)38-34(42)32(20-25-10-5-4-6-11-25)39(22-26-12-7-8-15-31(26)37)33(41)23-40(29-14-9-13-28(36)21-29)45(43,44)30-18-16-27(35)17-19-30/h4-19,21,24,32H,3,20,22-23H2,1-2H3,(H,38,42)/t24-,32+/m0/s1. The Morgan fingerprint density at radius 3 is 2.13 bits per heavy atom. The van der Waals surface area contributed by atoms with Crippen LogP contribution < -0.4 is 9.62 Å². The van der Waals surface area contributed by atoms with Crippen molar-refractivity contribution in [3.63, 3.8) is 0 Å². The van der Waals surface area contributed by atoms with E-state index in [2.05, 4.69) is 5.32 Å². The van der Waals surface area contributed by atoms with Crippen molar-refractivity contribution in [2.75, 3.05) is 10.8 Å². The molecule has 0 radical (unpaired) electrons. The van der Waals surface area contributed by atoms with Crippen molar-refractivity contribution < 1.29 is 18.0 Å². The zero-order valence-electron chi connectivity index (χ0n) is 24.9. The van der Waals surface area contributed by atoms with Gasteiger partial charge in [0.1, 0.15) is 12.6 Å². The average Bonchev–Trinajstić information content (AvgIpc) is 3.02. The zero-order chi connectivity index (χ0) is 32.6. The van der Waals surface area contributed by atoms with Crippen LogP contribution in [0.15, 0.2) is 108 Å². The van der Waals surface area contributed by atoms with Gasteiger partial charge in [0.25, 0.3) is 10.0 Å². The van der Waals surface area contributed by atoms with E-state index >= 15 is 0 Å². The highest BCUT2D eigenvalue weighted by molar-refractivity contribution is 7.92. The van der Waals surface area contributed by atoms with Gasteiger partial charge in [-0.3, -0.25) is 13.9 Å². The first-order chi connectivity index (χ1) is 21.5. The number of nitrogens with one attached hydrogen (secondary N) is 1. The lowest BCUT2D eigenvalue weighted by Gasteiger charge is -2.34. The molecule has 7 nitrogen and oxygen atoms in total. The number of carbonyl (C=O) groups excluding carboxylic acids is 2. The second-order valence-electron chi connectivity index (χ2n) is 10.6. The molecule has 0 fully saturated rings. The molecule has 11 heteroatoms. The minimum atomic E-state index is -4.28. The molecule has 0 bridgehead atoms. The van der Waals surface area contributed by atoms with Gasteiger partial charge in [0, 0.05) is 34.1 Å². The largest absolute Gasteiger partial charge is 0.352 e. The van der Waals surface area contributed by atoms with Crippen LogP contribution in [0.25, 0.3) is 0 Å². The van der Waals surface area contributed by atoms with Crippen LogP contribution in [-0.4, -0.2) is 43.8 Å². The third kappa shape index (κ3) is 9.01. The minimum Gasteiger partial charge on any atom is -0.352 e. The number of hydrogen-bond donors (Lipinski definition) is 1. The molecule has 0 saturated heterocycles. The van der Waals surface area contributed by atoms with E-state index in [0.717, 1.165) is 9.87 Å². The second kappa shape index (κ2) is 15.6. The summed E-state index contributed by atoms with van der Waals surface area (Å²) < 4.78 is 29.1. The molecule has 0 aliphatic rings. The quantitative estimate of drug-likeness (QED) is 0.159. The fourth-order valence-electron chi connectivity index (χ4n) is 4.70. The smallest absolute Gasteiger partial charge is 0.264 e. The maximum Gasteiger partial charge on any atom is 0.264 e. The highest BCUT2D eigenvalue weighted by Gasteiger charge is 2.35. The molecule has 2 amide bonds. The van der Waals surface area contributed by atoms with Crippen LogP contribution in [0, 0.1) is 0 Å². The summed E-state index contributed by atoms with van der Waals surface area (Å²) >= 11 is 18.8. The van der Waals surface area contributed by atoms with E-state index in [1.54, 1.807) is 42.5 Å². The van der Waals surface area contributed by atoms with Crippen molar-refractivity contribution in [3.8, 4) is 0 Å². The van der Waals surface area contributed by atoms with Crippen molar-refractivity contribution in [1.29, 1.82) is 0 Å². The van der Waals surface area contributed by atoms with Crippen LogP contribution in [0.2, 0.25) is 15.1 Å². The van der Waals surface area contributed by atoms with Crippen molar-refractivity contribution >= 4 is 62.3 Å². The number of hydrogen-bond acceptors (Lipinski definition) is 4. The SMILES string of the molecule is CC[C@H](C)NC(=O)[C@@H](Cc1ccccc1)N(Cc1ccccc1Cl)C(=O)CN(c1cccc(Cl)c1)S(=O)(=O)c1ccc(Cl)cc1. The Hall–Kier alpha value is -3.56. The lowest BCUT2D eigenvalue weighted by atomic mass is 10.0. The molecule has 2 atom stereocenters. The number of rotatable bonds is 13. The predicted octanol–water partition coefficient (Wildman–Crippen LogP) is 7.40. The molecule has 0 aliphatic heterocycles. The molecule has 0 saturated carbocycles. The lowest BCUT2D eigenvalue weighted by Crippen LogP contribution is -2.54. The summed E-state index contributed by atoms with van der Waals surface area (Å²) in [6.45, 7) is 3.19. The normalized spacial score (nSPS) is 12.6. The molecule has 0 unspecified atom stereocenters. The molecule has 4 aromatic carbocycles. The number of sulfonamides is 1. The van der Waals surface area contributed by atoms with Crippen molar-refractivity contribution in [2.45, 2.75) is 50.2 Å². The minimum absolute atomic E-state index is 0.0334. The molecule has 1 N–H and O–H groups in total. The van der Waals surface area contributed by atoms with E-state index in [9.17, 15) is 18.0 Å². The Morgan fingerprint density at radius 2 is 1.49 bits per heavy atom. The second-order valence-corrected chi connectivity index (χ2v) is 13.7. The molecule has 4 rings (SSSR count). The van der Waals surface area contributed by atoms with Gasteiger partial charge in [-0.15, -0.1) is 0 Å². The Bertz CT molecular complexity index is 1720. The van der Waals surface area contributed by atoms with Gasteiger partial charge in [-0.25, -0.2) is 8.42 Å². The summed E-state index contributed by atoms with van der Waals surface area (Å²) in [6, 6.07) is 27.2. The first-order valence-electron chi connectivity index (χ1n) is 14.4. The van der Waals surface area contributed by atoms with Gasteiger partial charge in [-0.05, 0) is 73.0 Å². The summed E-state index contributed by atoms with van der Waals surface area (Å²) in [5.41, 5.74) is 1.63. The fraction of sp³-hybridized carbons (Fsp3) is 0.235. The summed E-state index contributed by atoms with van der Waals surface area (Å²) in [7, 11) is -4.28. The first-order valence-corrected chi connectivity index (χ1v) is 17.0. The first kappa shape index (κ1) is 34.3. The van der Waals surface area contributed by atoms with Crippen LogP contribution in [0.4, 0.5) is 5.69 Å². The highest BCUT2D eigenvalue weighted by Crippen LogP contribution is 2.28. The van der Waals surface area contributed by atoms with E-state index in [1.165, 1.54) is 35.2 Å². The zero-order valence-corrected chi connectivity index (χ0v) is 28.0. The van der Waals surface area contributed by atoms with Gasteiger partial charge in [-0.2, -0.15) is 0 Å². The van der Waals surface area contributed by atoms with Crippen LogP contribution >= 0.6 is 34.8 Å². The Labute approximate surface area is 279 Å². The molecule has 0 spiro atoms. The molecule has 0 heterocycles. The van der Waals surface area contributed by atoms with Crippen LogP contribution in [0.3, 0.4) is 0 Å². The third-order valence-corrected chi connectivity index (χ3v) is 9.99. The molecular formula is C34H34Cl3N3O4S. The molecule has 4 aromatic rings. The van der Waals surface area contributed by atoms with Crippen LogP contribution in [0.5, 0.6) is 0 Å². The Balaban J connectivity index is 1.82. The number of carbonyl (C=O) groups is 2. The number of anilines is 1. The fourth-order valence-corrected chi connectivity index (χ4v) is 6.61. The maximum absolute atomic E-state index is 14.5. The van der Waals surface area contributed by atoms with Gasteiger partial charge in [0.15, 0.2) is 0 Å². The topological polar surface area (TPSA) is 86.8 Å². The van der Waals surface area contributed by atoms with Gasteiger partial charge in [0.2, 0.25) is 11.8 Å². The van der Waals surface area contributed by atoms with Gasteiger partial charge in [0.05, 0.1) is 10.6 Å². The Kier molecular flexibility index (Phi) is 11.9. The number of halogens is 3. The predicted molar refractivity (Wildman–Crippen MR) is 181 cm³/mol. The van der Waals surface area contributed by atoms with Crippen molar-refractivity contribution in [1.82, 2.24) is 10.2 Å². The average molecular weight is 687 g/mol. The van der Waals surface area contributed by atoms with Crippen LogP contribution in [-0.2, 0) is 32.6 Å². The monoisotopic (exact) mass is 685 g/mol. The van der Waals surface area contributed by atoms with Crippen molar-refractivity contribution in [2.24, 2.45) is 0 Å². The van der Waals surface area contributed by atoms with E-state index in [0.29, 0.717) is 27.1 Å². The van der Waals surface area contributed by atoms with Gasteiger partial charge in [-0.1, -0.05) is 96.3 Å². The summed E-state index contributed by atoms with van der Waals surface area (Å²) in [4.78, 5) is 29.7. The molecule has 0 aromatic heterocycles. The summed E-state index contributed by atoms with van der Waals surface area (Å²) in [5.74, 6) is -0.962. The maximum atomic E-state index is 14.5. The summed E-state index contributed by atoms with van der Waals surface area (Å²) in [6.07, 6.45) is 0.880. The number of nitrogens with zero attached hydrogens (tertiary/aromatic N) is 2. The molecule has 45 heavy (non-hydrogen) atoms. The van der Waals surface area contributed by atoms with Gasteiger partial charge < -0.3 is 10.2 Å². The molecule has 0 aliphatic carbocycles. The van der Waals surface area contributed by atoms with Crippen LogP contribution in [0.1, 0.15) is 31.4 Å². The van der Waals surface area contributed by atoms with E-state index < -0.39 is 28.5 Å². The van der Waals surface area contributed by atoms with E-state index in [4.69, 9.17) is 34.8 Å². The third-order valence-electron chi connectivity index (χ3n) is 7.35. The Morgan fingerprint density at radius 1 is 0.822 bits per heavy atom. The molecular weight excluding hydrogens is 653 g/mol. The number of benzene rings is 4. The van der Waals surface area contributed by atoms with Crippen molar-refractivity contribution in [3.05, 3.63) is 129 Å². The van der Waals surface area contributed by atoms with E-state index in [-0.39, 0.29) is 35.5 Å². The van der Waals surface area contributed by atoms with Gasteiger partial charge >= 0.3 is 0 Å². The summed E-state index contributed by atoms with van der Waals surface area (Å²) in [5, 5.41) is 4.08. The highest BCUT2D eigenvalue weighted by atomic mass is 35.5.